The molecule has 0 fully saturated rings. The Labute approximate surface area is 103 Å². The van der Waals surface area contributed by atoms with Crippen LogP contribution in [0.25, 0.3) is 0 Å². The quantitative estimate of drug-likeness (QED) is 0.690. The van der Waals surface area contributed by atoms with Gasteiger partial charge in [-0.1, -0.05) is 6.08 Å². The number of nitrogens with zero attached hydrogens (tertiary/aromatic N) is 1. The van der Waals surface area contributed by atoms with Crippen LogP contribution in [0.2, 0.25) is 0 Å². The number of alkyl carbamates (subject to hydrolysis) is 1. The van der Waals surface area contributed by atoms with Crippen LogP contribution in [0.5, 0.6) is 0 Å². The van der Waals surface area contributed by atoms with Crippen molar-refractivity contribution < 1.29 is 9.53 Å². The lowest BCUT2D eigenvalue weighted by molar-refractivity contribution is 0.0526. The largest absolute Gasteiger partial charge is 0.444 e. The van der Waals surface area contributed by atoms with E-state index in [2.05, 4.69) is 23.3 Å². The lowest BCUT2D eigenvalue weighted by Crippen LogP contribution is -2.36. The van der Waals surface area contributed by atoms with E-state index >= 15 is 0 Å². The summed E-state index contributed by atoms with van der Waals surface area (Å²) in [5.74, 6) is 0. The molecule has 0 spiro atoms. The van der Waals surface area contributed by atoms with Crippen LogP contribution in [0.1, 0.15) is 27.2 Å². The molecule has 0 aromatic heterocycles. The van der Waals surface area contributed by atoms with Gasteiger partial charge in [-0.3, -0.25) is 5.32 Å². The molecule has 0 aromatic rings. The average Bonchev–Trinajstić information content (AvgIpc) is 2.20. The highest BCUT2D eigenvalue weighted by atomic mass is 16.6. The van der Waals surface area contributed by atoms with E-state index in [1.165, 1.54) is 0 Å². The summed E-state index contributed by atoms with van der Waals surface area (Å²) in [5, 5.41) is 14.4. The molecule has 0 heterocycles. The number of hydrogen-bond donors (Lipinski definition) is 2. The third-order valence-electron chi connectivity index (χ3n) is 1.77. The van der Waals surface area contributed by atoms with Crippen molar-refractivity contribution in [3.63, 3.8) is 0 Å². The van der Waals surface area contributed by atoms with Crippen molar-refractivity contribution in [2.24, 2.45) is 0 Å². The van der Waals surface area contributed by atoms with Gasteiger partial charge in [-0.15, -0.1) is 6.58 Å². The van der Waals surface area contributed by atoms with Gasteiger partial charge in [-0.25, -0.2) is 4.79 Å². The van der Waals surface area contributed by atoms with Crippen molar-refractivity contribution in [3.05, 3.63) is 12.7 Å². The molecule has 96 valence electrons. The van der Waals surface area contributed by atoms with Crippen LogP contribution in [0, 0.1) is 11.3 Å². The molecule has 0 aliphatic heterocycles. The number of rotatable bonds is 6. The number of hydrogen-bond acceptors (Lipinski definition) is 4. The highest BCUT2D eigenvalue weighted by Gasteiger charge is 2.16. The molecular weight excluding hydrogens is 218 g/mol. The maximum absolute atomic E-state index is 11.3. The zero-order valence-corrected chi connectivity index (χ0v) is 10.7. The first-order valence-electron chi connectivity index (χ1n) is 5.60. The summed E-state index contributed by atoms with van der Waals surface area (Å²) in [5.41, 5.74) is -0.500. The normalized spacial score (nSPS) is 12.4. The Morgan fingerprint density at radius 3 is 2.71 bits per heavy atom. The topological polar surface area (TPSA) is 74.2 Å². The summed E-state index contributed by atoms with van der Waals surface area (Å²) >= 11 is 0. The lowest BCUT2D eigenvalue weighted by Gasteiger charge is -2.20. The minimum Gasteiger partial charge on any atom is -0.444 e. The third kappa shape index (κ3) is 9.39. The van der Waals surface area contributed by atoms with Gasteiger partial charge in [0.05, 0.1) is 12.1 Å². The third-order valence-corrected chi connectivity index (χ3v) is 1.77. The van der Waals surface area contributed by atoms with Crippen molar-refractivity contribution in [1.29, 1.82) is 5.26 Å². The summed E-state index contributed by atoms with van der Waals surface area (Å²) in [6.45, 7) is 9.93. The summed E-state index contributed by atoms with van der Waals surface area (Å²) in [4.78, 5) is 11.3. The monoisotopic (exact) mass is 239 g/mol. The van der Waals surface area contributed by atoms with Crippen LogP contribution in [-0.4, -0.2) is 30.8 Å². The molecule has 0 aliphatic carbocycles. The summed E-state index contributed by atoms with van der Waals surface area (Å²) in [6.07, 6.45) is 1.76. The molecule has 0 aliphatic rings. The maximum atomic E-state index is 11.3. The molecule has 0 rings (SSSR count). The van der Waals surface area contributed by atoms with Gasteiger partial charge < -0.3 is 10.1 Å². The molecule has 2 N–H and O–H groups in total. The molecular formula is C12H21N3O2. The zero-order chi connectivity index (χ0) is 13.3. The van der Waals surface area contributed by atoms with Crippen LogP contribution in [0.4, 0.5) is 4.79 Å². The summed E-state index contributed by atoms with van der Waals surface area (Å²) in [7, 11) is 0. The molecule has 1 unspecified atom stereocenters. The first-order chi connectivity index (χ1) is 7.89. The van der Waals surface area contributed by atoms with Gasteiger partial charge >= 0.3 is 6.09 Å². The van der Waals surface area contributed by atoms with Crippen molar-refractivity contribution >= 4 is 6.09 Å². The van der Waals surface area contributed by atoms with Crippen molar-refractivity contribution in [3.8, 4) is 6.07 Å². The van der Waals surface area contributed by atoms with E-state index in [0.717, 1.165) is 0 Å². The van der Waals surface area contributed by atoms with Crippen molar-refractivity contribution in [2.45, 2.75) is 38.8 Å². The van der Waals surface area contributed by atoms with E-state index in [4.69, 9.17) is 10.00 Å². The molecule has 0 saturated heterocycles. The zero-order valence-electron chi connectivity index (χ0n) is 10.7. The van der Waals surface area contributed by atoms with Crippen LogP contribution in [0.3, 0.4) is 0 Å². The minimum absolute atomic E-state index is 0.289. The van der Waals surface area contributed by atoms with E-state index < -0.39 is 11.7 Å². The van der Waals surface area contributed by atoms with E-state index in [9.17, 15) is 4.79 Å². The number of nitrogens with one attached hydrogen (secondary N) is 2. The maximum Gasteiger partial charge on any atom is 0.407 e. The van der Waals surface area contributed by atoms with E-state index in [1.54, 1.807) is 26.8 Å². The fourth-order valence-corrected chi connectivity index (χ4v) is 1.07. The molecule has 5 heteroatoms. The molecule has 1 atom stereocenters. The van der Waals surface area contributed by atoms with Gasteiger partial charge in [0.15, 0.2) is 0 Å². The second kappa shape index (κ2) is 7.69. The summed E-state index contributed by atoms with van der Waals surface area (Å²) in [6, 6.07) is 1.82. The van der Waals surface area contributed by atoms with Crippen molar-refractivity contribution in [1.82, 2.24) is 10.6 Å². The molecule has 17 heavy (non-hydrogen) atoms. The Kier molecular flexibility index (Phi) is 6.99. The van der Waals surface area contributed by atoms with Crippen LogP contribution in [0.15, 0.2) is 12.7 Å². The van der Waals surface area contributed by atoms with Gasteiger partial charge in [0.25, 0.3) is 0 Å². The first-order valence-corrected chi connectivity index (χ1v) is 5.60. The van der Waals surface area contributed by atoms with Crippen LogP contribution >= 0.6 is 0 Å². The van der Waals surface area contributed by atoms with Crippen LogP contribution < -0.4 is 10.6 Å². The smallest absolute Gasteiger partial charge is 0.407 e. The van der Waals surface area contributed by atoms with E-state index in [0.29, 0.717) is 19.5 Å². The number of carbonyl (C=O) groups excluding carboxylic acids is 1. The van der Waals surface area contributed by atoms with Gasteiger partial charge in [-0.2, -0.15) is 5.26 Å². The Morgan fingerprint density at radius 1 is 1.59 bits per heavy atom. The Morgan fingerprint density at radius 2 is 2.24 bits per heavy atom. The Hall–Kier alpha value is -1.54. The van der Waals surface area contributed by atoms with Gasteiger partial charge in [0.2, 0.25) is 0 Å². The standard InChI is InChI=1S/C12H21N3O2/c1-5-7-14-10(9-13)6-8-15-11(16)17-12(2,3)4/h5,10,14H,1,6-8H2,2-4H3,(H,15,16). The van der Waals surface area contributed by atoms with Gasteiger partial charge in [0, 0.05) is 13.1 Å². The van der Waals surface area contributed by atoms with Crippen LogP contribution in [-0.2, 0) is 4.74 Å². The highest BCUT2D eigenvalue weighted by molar-refractivity contribution is 5.67. The second-order valence-corrected chi connectivity index (χ2v) is 4.60. The van der Waals surface area contributed by atoms with Gasteiger partial charge in [0.1, 0.15) is 5.60 Å². The van der Waals surface area contributed by atoms with E-state index in [1.807, 2.05) is 0 Å². The number of amides is 1. The number of carbonyl (C=O) groups is 1. The van der Waals surface area contributed by atoms with Crippen molar-refractivity contribution in [2.75, 3.05) is 13.1 Å². The predicted octanol–water partition coefficient (Wildman–Crippen LogP) is 1.57. The Balaban J connectivity index is 3.78. The average molecular weight is 239 g/mol. The SMILES string of the molecule is C=CCNC(C#N)CCNC(=O)OC(C)(C)C. The molecule has 0 saturated carbocycles. The summed E-state index contributed by atoms with van der Waals surface area (Å²) < 4.78 is 5.06. The fourth-order valence-electron chi connectivity index (χ4n) is 1.07. The second-order valence-electron chi connectivity index (χ2n) is 4.60. The van der Waals surface area contributed by atoms with E-state index in [-0.39, 0.29) is 6.04 Å². The predicted molar refractivity (Wildman–Crippen MR) is 66.5 cm³/mol. The molecule has 5 nitrogen and oxygen atoms in total. The van der Waals surface area contributed by atoms with Gasteiger partial charge in [-0.05, 0) is 27.2 Å². The lowest BCUT2D eigenvalue weighted by atomic mass is 10.2. The molecule has 0 aromatic carbocycles. The molecule has 1 amide bonds. The highest BCUT2D eigenvalue weighted by Crippen LogP contribution is 2.06. The first kappa shape index (κ1) is 15.5. The number of nitriles is 1. The fraction of sp³-hybridized carbons (Fsp3) is 0.667. The molecule has 0 bridgehead atoms. The number of ether oxygens (including phenoxy) is 1. The minimum atomic E-state index is -0.500. The Bertz CT molecular complexity index is 289. The molecule has 0 radical (unpaired) electrons.